The van der Waals surface area contributed by atoms with Crippen LogP contribution in [0, 0.1) is 5.41 Å². The predicted molar refractivity (Wildman–Crippen MR) is 82.7 cm³/mol. The summed E-state index contributed by atoms with van der Waals surface area (Å²) in [7, 11) is 1.68. The minimum Gasteiger partial charge on any atom is -0.350 e. The number of likely N-dealkylation sites (N-methyl/N-ethyl adjacent to an activating group) is 1. The number of nitrogens with two attached hydrogens (primary N) is 1. The Hall–Kier alpha value is -0.810. The minimum absolute atomic E-state index is 0. The standard InChI is InChI=1S/C14H27N3O2.ClH/c1-13(2,3)16-11(18)9-17(4)12(19)14(10-15)7-5-6-8-14;/h5-10,15H2,1-4H3,(H,16,18);1H. The Morgan fingerprint density at radius 3 is 2.15 bits per heavy atom. The van der Waals surface area contributed by atoms with Crippen LogP contribution in [0.1, 0.15) is 46.5 Å². The highest BCUT2D eigenvalue weighted by Crippen LogP contribution is 2.38. The lowest BCUT2D eigenvalue weighted by Gasteiger charge is -2.31. The molecule has 0 aromatic carbocycles. The van der Waals surface area contributed by atoms with E-state index >= 15 is 0 Å². The third-order valence-corrected chi connectivity index (χ3v) is 3.65. The number of hydrogen-bond donors (Lipinski definition) is 2. The zero-order valence-corrected chi connectivity index (χ0v) is 13.8. The molecule has 1 aliphatic carbocycles. The summed E-state index contributed by atoms with van der Waals surface area (Å²) in [5.41, 5.74) is 5.08. The molecule has 5 nitrogen and oxygen atoms in total. The van der Waals surface area contributed by atoms with E-state index in [4.69, 9.17) is 5.73 Å². The van der Waals surface area contributed by atoms with E-state index in [0.29, 0.717) is 6.54 Å². The van der Waals surface area contributed by atoms with Crippen molar-refractivity contribution in [2.75, 3.05) is 20.1 Å². The molecule has 0 radical (unpaired) electrons. The molecule has 0 aromatic rings. The molecule has 0 unspecified atom stereocenters. The molecule has 0 saturated heterocycles. The van der Waals surface area contributed by atoms with Crippen LogP contribution < -0.4 is 11.1 Å². The number of halogens is 1. The maximum absolute atomic E-state index is 12.5. The summed E-state index contributed by atoms with van der Waals surface area (Å²) < 4.78 is 0. The summed E-state index contributed by atoms with van der Waals surface area (Å²) in [6, 6.07) is 0. The van der Waals surface area contributed by atoms with E-state index in [9.17, 15) is 9.59 Å². The normalized spacial score (nSPS) is 17.2. The van der Waals surface area contributed by atoms with Gasteiger partial charge in [0.2, 0.25) is 11.8 Å². The fraction of sp³-hybridized carbons (Fsp3) is 0.857. The van der Waals surface area contributed by atoms with Gasteiger partial charge in [0.15, 0.2) is 0 Å². The molecule has 2 amide bonds. The molecule has 1 aliphatic rings. The van der Waals surface area contributed by atoms with Crippen LogP contribution in [0.4, 0.5) is 0 Å². The fourth-order valence-electron chi connectivity index (χ4n) is 2.71. The Morgan fingerprint density at radius 1 is 1.25 bits per heavy atom. The highest BCUT2D eigenvalue weighted by atomic mass is 35.5. The lowest BCUT2D eigenvalue weighted by molar-refractivity contribution is -0.143. The lowest BCUT2D eigenvalue weighted by atomic mass is 9.85. The molecule has 0 atom stereocenters. The van der Waals surface area contributed by atoms with Crippen molar-refractivity contribution in [3.05, 3.63) is 0 Å². The van der Waals surface area contributed by atoms with Crippen molar-refractivity contribution in [1.82, 2.24) is 10.2 Å². The van der Waals surface area contributed by atoms with Gasteiger partial charge in [-0.15, -0.1) is 12.4 Å². The van der Waals surface area contributed by atoms with E-state index in [1.807, 2.05) is 20.8 Å². The third kappa shape index (κ3) is 4.94. The highest BCUT2D eigenvalue weighted by Gasteiger charge is 2.41. The van der Waals surface area contributed by atoms with E-state index in [2.05, 4.69) is 5.32 Å². The van der Waals surface area contributed by atoms with Crippen LogP contribution in [0.25, 0.3) is 0 Å². The first-order valence-corrected chi connectivity index (χ1v) is 6.97. The van der Waals surface area contributed by atoms with Crippen molar-refractivity contribution >= 4 is 24.2 Å². The zero-order chi connectivity index (χ0) is 14.7. The molecule has 20 heavy (non-hydrogen) atoms. The second kappa shape index (κ2) is 7.27. The number of hydrogen-bond acceptors (Lipinski definition) is 3. The first kappa shape index (κ1) is 19.2. The summed E-state index contributed by atoms with van der Waals surface area (Å²) in [6.45, 7) is 6.23. The van der Waals surface area contributed by atoms with E-state index in [1.54, 1.807) is 7.05 Å². The van der Waals surface area contributed by atoms with Crippen molar-refractivity contribution in [2.24, 2.45) is 11.1 Å². The molecule has 0 bridgehead atoms. The lowest BCUT2D eigenvalue weighted by Crippen LogP contribution is -2.50. The van der Waals surface area contributed by atoms with Gasteiger partial charge in [0.05, 0.1) is 12.0 Å². The smallest absolute Gasteiger partial charge is 0.240 e. The van der Waals surface area contributed by atoms with Crippen LogP contribution in [0.3, 0.4) is 0 Å². The largest absolute Gasteiger partial charge is 0.350 e. The predicted octanol–water partition coefficient (Wildman–Crippen LogP) is 1.30. The average Bonchev–Trinajstić information content (AvgIpc) is 2.74. The molecule has 0 heterocycles. The van der Waals surface area contributed by atoms with Gasteiger partial charge in [0.25, 0.3) is 0 Å². The van der Waals surface area contributed by atoms with Gasteiger partial charge in [-0.2, -0.15) is 0 Å². The maximum atomic E-state index is 12.5. The average molecular weight is 306 g/mol. The van der Waals surface area contributed by atoms with Crippen LogP contribution in [-0.4, -0.2) is 42.4 Å². The molecule has 0 spiro atoms. The molecule has 1 rings (SSSR count). The maximum Gasteiger partial charge on any atom is 0.240 e. The van der Waals surface area contributed by atoms with Crippen molar-refractivity contribution in [2.45, 2.75) is 52.0 Å². The van der Waals surface area contributed by atoms with Gasteiger partial charge in [-0.05, 0) is 33.6 Å². The Balaban J connectivity index is 0.00000361. The van der Waals surface area contributed by atoms with Gasteiger partial charge in [-0.1, -0.05) is 12.8 Å². The topological polar surface area (TPSA) is 75.4 Å². The molecule has 0 aliphatic heterocycles. The summed E-state index contributed by atoms with van der Waals surface area (Å²) in [5, 5.41) is 2.86. The summed E-state index contributed by atoms with van der Waals surface area (Å²) in [5.74, 6) is -0.120. The second-order valence-corrected chi connectivity index (χ2v) is 6.65. The molecular formula is C14H28ClN3O2. The highest BCUT2D eigenvalue weighted by molar-refractivity contribution is 5.88. The first-order valence-electron chi connectivity index (χ1n) is 6.97. The summed E-state index contributed by atoms with van der Waals surface area (Å²) in [6.07, 6.45) is 3.77. The third-order valence-electron chi connectivity index (χ3n) is 3.65. The van der Waals surface area contributed by atoms with Crippen molar-refractivity contribution in [3.8, 4) is 0 Å². The van der Waals surface area contributed by atoms with Gasteiger partial charge in [-0.3, -0.25) is 9.59 Å². The van der Waals surface area contributed by atoms with Crippen LogP contribution >= 0.6 is 12.4 Å². The zero-order valence-electron chi connectivity index (χ0n) is 13.0. The second-order valence-electron chi connectivity index (χ2n) is 6.65. The van der Waals surface area contributed by atoms with Gasteiger partial charge >= 0.3 is 0 Å². The van der Waals surface area contributed by atoms with Crippen LogP contribution in [-0.2, 0) is 9.59 Å². The van der Waals surface area contributed by atoms with Crippen molar-refractivity contribution in [1.29, 1.82) is 0 Å². The van der Waals surface area contributed by atoms with Gasteiger partial charge in [0, 0.05) is 19.1 Å². The Kier molecular flexibility index (Phi) is 6.98. The molecule has 3 N–H and O–H groups in total. The van der Waals surface area contributed by atoms with Crippen molar-refractivity contribution < 1.29 is 9.59 Å². The number of nitrogens with one attached hydrogen (secondary N) is 1. The van der Waals surface area contributed by atoms with Crippen LogP contribution in [0.2, 0.25) is 0 Å². The quantitative estimate of drug-likeness (QED) is 0.822. The molecular weight excluding hydrogens is 278 g/mol. The molecule has 118 valence electrons. The number of nitrogens with zero attached hydrogens (tertiary/aromatic N) is 1. The summed E-state index contributed by atoms with van der Waals surface area (Å²) >= 11 is 0. The van der Waals surface area contributed by atoms with Gasteiger partial charge in [-0.25, -0.2) is 0 Å². The fourth-order valence-corrected chi connectivity index (χ4v) is 2.71. The Bertz CT molecular complexity index is 347. The molecule has 1 saturated carbocycles. The van der Waals surface area contributed by atoms with Crippen LogP contribution in [0.5, 0.6) is 0 Å². The van der Waals surface area contributed by atoms with Gasteiger partial charge < -0.3 is 16.0 Å². The monoisotopic (exact) mass is 305 g/mol. The summed E-state index contributed by atoms with van der Waals surface area (Å²) in [4.78, 5) is 25.8. The van der Waals surface area contributed by atoms with Gasteiger partial charge in [0.1, 0.15) is 0 Å². The number of rotatable bonds is 4. The van der Waals surface area contributed by atoms with E-state index in [1.165, 1.54) is 4.90 Å². The number of amides is 2. The van der Waals surface area contributed by atoms with Crippen LogP contribution in [0.15, 0.2) is 0 Å². The molecule has 1 fully saturated rings. The van der Waals surface area contributed by atoms with Crippen molar-refractivity contribution in [3.63, 3.8) is 0 Å². The van der Waals surface area contributed by atoms with E-state index in [-0.39, 0.29) is 36.3 Å². The SMILES string of the molecule is CN(CC(=O)NC(C)(C)C)C(=O)C1(CN)CCCC1.Cl. The molecule has 0 aromatic heterocycles. The Morgan fingerprint density at radius 2 is 1.75 bits per heavy atom. The first-order chi connectivity index (χ1) is 8.70. The molecule has 6 heteroatoms. The van der Waals surface area contributed by atoms with E-state index in [0.717, 1.165) is 25.7 Å². The number of carbonyl (C=O) groups excluding carboxylic acids is 2. The van der Waals surface area contributed by atoms with E-state index < -0.39 is 5.41 Å². The Labute approximate surface area is 128 Å². The number of carbonyl (C=O) groups is 2. The minimum atomic E-state index is -0.434.